The van der Waals surface area contributed by atoms with Gasteiger partial charge in [-0.2, -0.15) is 0 Å². The van der Waals surface area contributed by atoms with Crippen molar-refractivity contribution in [1.82, 2.24) is 9.88 Å². The van der Waals surface area contributed by atoms with E-state index in [0.29, 0.717) is 13.0 Å². The Labute approximate surface area is 93.6 Å². The van der Waals surface area contributed by atoms with Crippen molar-refractivity contribution in [3.8, 4) is 0 Å². The summed E-state index contributed by atoms with van der Waals surface area (Å²) in [4.78, 5) is 28.1. The molecule has 2 heterocycles. The van der Waals surface area contributed by atoms with E-state index in [4.69, 9.17) is 0 Å². The van der Waals surface area contributed by atoms with Crippen LogP contribution in [0.3, 0.4) is 0 Å². The zero-order chi connectivity index (χ0) is 11.4. The molecule has 0 N–H and O–H groups in total. The lowest BCUT2D eigenvalue weighted by atomic mass is 10.2. The highest BCUT2D eigenvalue weighted by Gasteiger charge is 2.24. The lowest BCUT2D eigenvalue weighted by Gasteiger charge is -2.09. The predicted octanol–water partition coefficient (Wildman–Crippen LogP) is 1.24. The summed E-state index contributed by atoms with van der Waals surface area (Å²) in [6, 6.07) is 3.65. The maximum atomic E-state index is 11.6. The molecule has 0 aromatic carbocycles. The Bertz CT molecular complexity index is 426. The monoisotopic (exact) mass is 216 g/mol. The van der Waals surface area contributed by atoms with E-state index in [1.807, 2.05) is 6.07 Å². The third-order valence-corrected chi connectivity index (χ3v) is 2.44. The average Bonchev–Trinajstić information content (AvgIpc) is 2.74. The van der Waals surface area contributed by atoms with Gasteiger partial charge < -0.3 is 0 Å². The molecule has 2 amide bonds. The fraction of sp³-hybridized carbons (Fsp3) is 0.250. The zero-order valence-electron chi connectivity index (χ0n) is 8.80. The largest absolute Gasteiger partial charge is 0.279 e. The van der Waals surface area contributed by atoms with Gasteiger partial charge >= 0.3 is 0 Å². The molecular formula is C12H12N2O2. The molecule has 4 heteroatoms. The second kappa shape index (κ2) is 4.70. The van der Waals surface area contributed by atoms with E-state index in [2.05, 4.69) is 4.98 Å². The third kappa shape index (κ3) is 2.34. The summed E-state index contributed by atoms with van der Waals surface area (Å²) in [6.07, 6.45) is 7.66. The van der Waals surface area contributed by atoms with Crippen LogP contribution in [0.5, 0.6) is 0 Å². The van der Waals surface area contributed by atoms with Crippen molar-refractivity contribution in [2.45, 2.75) is 12.8 Å². The predicted molar refractivity (Wildman–Crippen MR) is 59.2 cm³/mol. The summed E-state index contributed by atoms with van der Waals surface area (Å²) in [7, 11) is 0. The highest BCUT2D eigenvalue weighted by Crippen LogP contribution is 2.10. The Morgan fingerprint density at radius 1 is 1.50 bits per heavy atom. The van der Waals surface area contributed by atoms with Gasteiger partial charge in [0.05, 0.1) is 0 Å². The zero-order valence-corrected chi connectivity index (χ0v) is 8.80. The Morgan fingerprint density at radius 3 is 3.00 bits per heavy atom. The summed E-state index contributed by atoms with van der Waals surface area (Å²) in [5, 5.41) is 0. The molecule has 1 aromatic rings. The molecule has 0 unspecified atom stereocenters. The molecule has 0 bridgehead atoms. The number of nitrogens with zero attached hydrogens (tertiary/aromatic N) is 2. The topological polar surface area (TPSA) is 50.3 Å². The van der Waals surface area contributed by atoms with E-state index in [9.17, 15) is 9.59 Å². The minimum absolute atomic E-state index is 0.0826. The SMILES string of the molecule is O=C(C=Cc1cccnc1)N1CCCC1=O. The maximum Gasteiger partial charge on any atom is 0.253 e. The number of imide groups is 1. The molecule has 0 atom stereocenters. The first-order chi connectivity index (χ1) is 7.77. The number of carbonyl (C=O) groups is 2. The molecule has 1 aliphatic heterocycles. The lowest BCUT2D eigenvalue weighted by Crippen LogP contribution is -2.30. The number of hydrogen-bond donors (Lipinski definition) is 0. The number of carbonyl (C=O) groups excluding carboxylic acids is 2. The van der Waals surface area contributed by atoms with Crippen LogP contribution in [0.1, 0.15) is 18.4 Å². The van der Waals surface area contributed by atoms with Crippen molar-refractivity contribution >= 4 is 17.9 Å². The molecule has 1 fully saturated rings. The summed E-state index contributed by atoms with van der Waals surface area (Å²) in [5.41, 5.74) is 0.850. The van der Waals surface area contributed by atoms with Crippen LogP contribution in [0.2, 0.25) is 0 Å². The van der Waals surface area contributed by atoms with Gasteiger partial charge in [-0.25, -0.2) is 0 Å². The van der Waals surface area contributed by atoms with Crippen LogP contribution in [0.15, 0.2) is 30.6 Å². The van der Waals surface area contributed by atoms with Crippen molar-refractivity contribution in [2.75, 3.05) is 6.54 Å². The Hall–Kier alpha value is -1.97. The van der Waals surface area contributed by atoms with Gasteiger partial charge in [0.1, 0.15) is 0 Å². The number of pyridine rings is 1. The first-order valence-corrected chi connectivity index (χ1v) is 5.20. The van der Waals surface area contributed by atoms with E-state index in [0.717, 1.165) is 12.0 Å². The second-order valence-electron chi connectivity index (χ2n) is 3.61. The van der Waals surface area contributed by atoms with Crippen LogP contribution in [0.25, 0.3) is 6.08 Å². The summed E-state index contributed by atoms with van der Waals surface area (Å²) in [6.45, 7) is 0.537. The lowest BCUT2D eigenvalue weighted by molar-refractivity contribution is -0.138. The van der Waals surface area contributed by atoms with Crippen LogP contribution in [0, 0.1) is 0 Å². The molecule has 1 saturated heterocycles. The van der Waals surface area contributed by atoms with E-state index in [1.54, 1.807) is 24.5 Å². The Morgan fingerprint density at radius 2 is 2.38 bits per heavy atom. The first kappa shape index (κ1) is 10.5. The van der Waals surface area contributed by atoms with Gasteiger partial charge in [-0.05, 0) is 24.1 Å². The summed E-state index contributed by atoms with van der Waals surface area (Å²) < 4.78 is 0. The number of likely N-dealkylation sites (tertiary alicyclic amines) is 1. The minimum atomic E-state index is -0.244. The van der Waals surface area contributed by atoms with Crippen molar-refractivity contribution in [3.05, 3.63) is 36.2 Å². The molecule has 0 spiro atoms. The standard InChI is InChI=1S/C12H12N2O2/c15-11-4-2-8-14(11)12(16)6-5-10-3-1-7-13-9-10/h1,3,5-7,9H,2,4,8H2. The molecule has 82 valence electrons. The molecule has 2 rings (SSSR count). The Balaban J connectivity index is 2.02. The first-order valence-electron chi connectivity index (χ1n) is 5.20. The van der Waals surface area contributed by atoms with Crippen LogP contribution < -0.4 is 0 Å². The number of hydrogen-bond acceptors (Lipinski definition) is 3. The minimum Gasteiger partial charge on any atom is -0.279 e. The maximum absolute atomic E-state index is 11.6. The molecular weight excluding hydrogens is 204 g/mol. The van der Waals surface area contributed by atoms with Gasteiger partial charge in [0, 0.05) is 31.4 Å². The Kier molecular flexibility index (Phi) is 3.10. The van der Waals surface area contributed by atoms with Crippen molar-refractivity contribution < 1.29 is 9.59 Å². The highest BCUT2D eigenvalue weighted by molar-refractivity contribution is 6.03. The van der Waals surface area contributed by atoms with Crippen LogP contribution in [-0.4, -0.2) is 28.2 Å². The van der Waals surface area contributed by atoms with Crippen LogP contribution >= 0.6 is 0 Å². The van der Waals surface area contributed by atoms with Crippen molar-refractivity contribution in [3.63, 3.8) is 0 Å². The van der Waals surface area contributed by atoms with Gasteiger partial charge in [0.15, 0.2) is 0 Å². The molecule has 1 aromatic heterocycles. The van der Waals surface area contributed by atoms with Gasteiger partial charge in [-0.1, -0.05) is 6.07 Å². The normalized spacial score (nSPS) is 16.0. The quantitative estimate of drug-likeness (QED) is 0.699. The number of amides is 2. The number of rotatable bonds is 2. The third-order valence-electron chi connectivity index (χ3n) is 2.44. The number of aromatic nitrogens is 1. The van der Waals surface area contributed by atoms with Crippen molar-refractivity contribution in [1.29, 1.82) is 0 Å². The molecule has 0 radical (unpaired) electrons. The second-order valence-corrected chi connectivity index (χ2v) is 3.61. The fourth-order valence-corrected chi connectivity index (χ4v) is 1.61. The summed E-state index contributed by atoms with van der Waals surface area (Å²) in [5.74, 6) is -0.327. The van der Waals surface area contributed by atoms with E-state index in [-0.39, 0.29) is 11.8 Å². The van der Waals surface area contributed by atoms with Gasteiger partial charge in [-0.3, -0.25) is 19.5 Å². The molecule has 0 aliphatic carbocycles. The molecule has 1 aliphatic rings. The summed E-state index contributed by atoms with van der Waals surface area (Å²) >= 11 is 0. The van der Waals surface area contributed by atoms with Gasteiger partial charge in [0.2, 0.25) is 5.91 Å². The molecule has 0 saturated carbocycles. The smallest absolute Gasteiger partial charge is 0.253 e. The van der Waals surface area contributed by atoms with Crippen molar-refractivity contribution in [2.24, 2.45) is 0 Å². The van der Waals surface area contributed by atoms with Gasteiger partial charge in [-0.15, -0.1) is 0 Å². The fourth-order valence-electron chi connectivity index (χ4n) is 1.61. The van der Waals surface area contributed by atoms with E-state index < -0.39 is 0 Å². The molecule has 4 nitrogen and oxygen atoms in total. The van der Waals surface area contributed by atoms with E-state index >= 15 is 0 Å². The highest BCUT2D eigenvalue weighted by atomic mass is 16.2. The van der Waals surface area contributed by atoms with Crippen LogP contribution in [0.4, 0.5) is 0 Å². The molecule has 16 heavy (non-hydrogen) atoms. The van der Waals surface area contributed by atoms with Crippen LogP contribution in [-0.2, 0) is 9.59 Å². The van der Waals surface area contributed by atoms with Gasteiger partial charge in [0.25, 0.3) is 5.91 Å². The van der Waals surface area contributed by atoms with E-state index in [1.165, 1.54) is 11.0 Å². The average molecular weight is 216 g/mol.